The van der Waals surface area contributed by atoms with Crippen molar-refractivity contribution in [2.45, 2.75) is 38.3 Å². The molecule has 1 unspecified atom stereocenters. The van der Waals surface area contributed by atoms with Gasteiger partial charge in [0, 0.05) is 18.2 Å². The molecule has 2 aliphatic rings. The highest BCUT2D eigenvalue weighted by Crippen LogP contribution is 2.40. The summed E-state index contributed by atoms with van der Waals surface area (Å²) in [6.45, 7) is 0.842. The van der Waals surface area contributed by atoms with Crippen molar-refractivity contribution in [3.05, 3.63) is 35.1 Å². The van der Waals surface area contributed by atoms with Crippen LogP contribution in [0.1, 0.15) is 42.9 Å². The van der Waals surface area contributed by atoms with E-state index in [1.54, 1.807) is 6.07 Å². The van der Waals surface area contributed by atoms with Gasteiger partial charge in [-0.15, -0.1) is 0 Å². The third-order valence-corrected chi connectivity index (χ3v) is 3.84. The average molecular weight is 205 g/mol. The average Bonchev–Trinajstić information content (AvgIpc) is 2.85. The van der Waals surface area contributed by atoms with Crippen molar-refractivity contribution in [1.82, 2.24) is 5.32 Å². The predicted molar refractivity (Wildman–Crippen MR) is 57.9 cm³/mol. The van der Waals surface area contributed by atoms with Crippen molar-refractivity contribution >= 4 is 0 Å². The molecule has 1 nitrogen and oxygen atoms in total. The van der Waals surface area contributed by atoms with E-state index in [0.29, 0.717) is 5.92 Å². The molecule has 0 radical (unpaired) electrons. The number of hydrogen-bond donors (Lipinski definition) is 1. The quantitative estimate of drug-likeness (QED) is 0.742. The molecule has 1 saturated carbocycles. The molecular formula is C13H16FN. The highest BCUT2D eigenvalue weighted by atomic mass is 19.1. The van der Waals surface area contributed by atoms with Crippen LogP contribution in [0.15, 0.2) is 18.2 Å². The Balaban J connectivity index is 1.96. The first-order chi connectivity index (χ1) is 7.36. The van der Waals surface area contributed by atoms with Crippen LogP contribution < -0.4 is 5.32 Å². The monoisotopic (exact) mass is 205 g/mol. The topological polar surface area (TPSA) is 12.0 Å². The van der Waals surface area contributed by atoms with Gasteiger partial charge in [0.05, 0.1) is 0 Å². The summed E-state index contributed by atoms with van der Waals surface area (Å²) >= 11 is 0. The van der Waals surface area contributed by atoms with Gasteiger partial charge in [-0.2, -0.15) is 0 Å². The second-order valence-electron chi connectivity index (χ2n) is 4.72. The maximum Gasteiger partial charge on any atom is 0.128 e. The van der Waals surface area contributed by atoms with E-state index in [1.165, 1.54) is 25.7 Å². The van der Waals surface area contributed by atoms with Crippen LogP contribution in [-0.4, -0.2) is 0 Å². The van der Waals surface area contributed by atoms with Crippen molar-refractivity contribution in [2.75, 3.05) is 0 Å². The summed E-state index contributed by atoms with van der Waals surface area (Å²) in [6.07, 6.45) is 5.14. The van der Waals surface area contributed by atoms with Crippen LogP contribution in [0.3, 0.4) is 0 Å². The van der Waals surface area contributed by atoms with Gasteiger partial charge in [0.25, 0.3) is 0 Å². The Bertz CT molecular complexity index is 369. The van der Waals surface area contributed by atoms with Gasteiger partial charge < -0.3 is 5.32 Å². The van der Waals surface area contributed by atoms with Crippen LogP contribution in [-0.2, 0) is 6.54 Å². The first-order valence-electron chi connectivity index (χ1n) is 5.87. The van der Waals surface area contributed by atoms with Gasteiger partial charge in [0.2, 0.25) is 0 Å². The molecule has 15 heavy (non-hydrogen) atoms. The van der Waals surface area contributed by atoms with Crippen LogP contribution in [0, 0.1) is 11.7 Å². The number of nitrogens with one attached hydrogen (secondary N) is 1. The molecule has 1 N–H and O–H groups in total. The van der Waals surface area contributed by atoms with Gasteiger partial charge in [-0.1, -0.05) is 25.0 Å². The van der Waals surface area contributed by atoms with Crippen LogP contribution in [0.25, 0.3) is 0 Å². The molecule has 0 aromatic heterocycles. The summed E-state index contributed by atoms with van der Waals surface area (Å²) in [5.74, 6) is 0.637. The van der Waals surface area contributed by atoms with Gasteiger partial charge in [-0.3, -0.25) is 0 Å². The number of hydrogen-bond acceptors (Lipinski definition) is 1. The highest BCUT2D eigenvalue weighted by molar-refractivity contribution is 5.35. The molecule has 1 fully saturated rings. The lowest BCUT2D eigenvalue weighted by atomic mass is 9.92. The van der Waals surface area contributed by atoms with Crippen LogP contribution in [0.4, 0.5) is 4.39 Å². The third kappa shape index (κ3) is 1.48. The molecule has 1 atom stereocenters. The van der Waals surface area contributed by atoms with Crippen molar-refractivity contribution in [2.24, 2.45) is 5.92 Å². The third-order valence-electron chi connectivity index (χ3n) is 3.84. The maximum absolute atomic E-state index is 13.8. The molecule has 0 bridgehead atoms. The second kappa shape index (κ2) is 3.60. The lowest BCUT2D eigenvalue weighted by molar-refractivity contribution is 0.381. The summed E-state index contributed by atoms with van der Waals surface area (Å²) in [6, 6.07) is 5.73. The minimum Gasteiger partial charge on any atom is -0.305 e. The van der Waals surface area contributed by atoms with Gasteiger partial charge in [0.1, 0.15) is 5.82 Å². The fourth-order valence-electron chi connectivity index (χ4n) is 3.10. The Kier molecular flexibility index (Phi) is 2.24. The first-order valence-corrected chi connectivity index (χ1v) is 5.87. The molecule has 0 spiro atoms. The van der Waals surface area contributed by atoms with Crippen LogP contribution in [0.2, 0.25) is 0 Å². The predicted octanol–water partition coefficient (Wildman–Crippen LogP) is 3.16. The van der Waals surface area contributed by atoms with E-state index in [4.69, 9.17) is 0 Å². The van der Waals surface area contributed by atoms with Crippen molar-refractivity contribution < 1.29 is 4.39 Å². The van der Waals surface area contributed by atoms with Gasteiger partial charge in [-0.25, -0.2) is 4.39 Å². The molecule has 1 aromatic carbocycles. The van der Waals surface area contributed by atoms with E-state index in [1.807, 2.05) is 12.1 Å². The Morgan fingerprint density at radius 1 is 1.20 bits per heavy atom. The smallest absolute Gasteiger partial charge is 0.128 e. The summed E-state index contributed by atoms with van der Waals surface area (Å²) in [5.41, 5.74) is 2.11. The Hall–Kier alpha value is -0.890. The van der Waals surface area contributed by atoms with Crippen LogP contribution in [0.5, 0.6) is 0 Å². The first kappa shape index (κ1) is 9.34. The lowest BCUT2D eigenvalue weighted by Crippen LogP contribution is -2.20. The number of rotatable bonds is 1. The lowest BCUT2D eigenvalue weighted by Gasteiger charge is -2.19. The largest absolute Gasteiger partial charge is 0.305 e. The molecule has 1 heterocycles. The van der Waals surface area contributed by atoms with E-state index in [0.717, 1.165) is 17.7 Å². The fraction of sp³-hybridized carbons (Fsp3) is 0.538. The van der Waals surface area contributed by atoms with Crippen molar-refractivity contribution in [1.29, 1.82) is 0 Å². The van der Waals surface area contributed by atoms with E-state index in [2.05, 4.69) is 5.32 Å². The van der Waals surface area contributed by atoms with Crippen molar-refractivity contribution in [3.63, 3.8) is 0 Å². The molecule has 80 valence electrons. The molecule has 1 aromatic rings. The normalized spacial score (nSPS) is 25.8. The summed E-state index contributed by atoms with van der Waals surface area (Å²) in [5, 5.41) is 3.46. The van der Waals surface area contributed by atoms with E-state index < -0.39 is 0 Å². The standard InChI is InChI=1S/C13H16FN/c14-11-7-3-6-10-8-15-13(12(10)11)9-4-1-2-5-9/h3,6-7,9,13,15H,1-2,4-5,8H2. The maximum atomic E-state index is 13.8. The van der Waals surface area contributed by atoms with Crippen molar-refractivity contribution in [3.8, 4) is 0 Å². The minimum atomic E-state index is -0.0191. The Morgan fingerprint density at radius 3 is 2.80 bits per heavy atom. The summed E-state index contributed by atoms with van der Waals surface area (Å²) in [4.78, 5) is 0. The fourth-order valence-corrected chi connectivity index (χ4v) is 3.10. The van der Waals surface area contributed by atoms with Gasteiger partial charge in [0.15, 0.2) is 0 Å². The second-order valence-corrected chi connectivity index (χ2v) is 4.72. The van der Waals surface area contributed by atoms with E-state index in [9.17, 15) is 4.39 Å². The summed E-state index contributed by atoms with van der Waals surface area (Å²) in [7, 11) is 0. The summed E-state index contributed by atoms with van der Waals surface area (Å²) < 4.78 is 13.8. The molecule has 2 heteroatoms. The highest BCUT2D eigenvalue weighted by Gasteiger charge is 2.33. The van der Waals surface area contributed by atoms with Crippen LogP contribution >= 0.6 is 0 Å². The zero-order valence-electron chi connectivity index (χ0n) is 8.80. The number of halogens is 1. The number of fused-ring (bicyclic) bond motifs is 1. The molecule has 1 aliphatic carbocycles. The minimum absolute atomic E-state index is 0.0191. The van der Waals surface area contributed by atoms with E-state index >= 15 is 0 Å². The zero-order valence-corrected chi connectivity index (χ0v) is 8.80. The van der Waals surface area contributed by atoms with Gasteiger partial charge in [-0.05, 0) is 30.4 Å². The molecule has 0 saturated heterocycles. The zero-order chi connectivity index (χ0) is 10.3. The molecule has 1 aliphatic heterocycles. The number of benzene rings is 1. The Morgan fingerprint density at radius 2 is 2.00 bits per heavy atom. The Labute approximate surface area is 89.7 Å². The van der Waals surface area contributed by atoms with E-state index in [-0.39, 0.29) is 11.9 Å². The SMILES string of the molecule is Fc1cccc2c1C(C1CCCC1)NC2. The molecule has 3 rings (SSSR count). The van der Waals surface area contributed by atoms with Gasteiger partial charge >= 0.3 is 0 Å². The molecular weight excluding hydrogens is 189 g/mol. The molecule has 0 amide bonds.